The van der Waals surface area contributed by atoms with Crippen molar-refractivity contribution in [3.05, 3.63) is 29.6 Å². The molecule has 0 spiro atoms. The highest BCUT2D eigenvalue weighted by atomic mass is 14.9. The highest BCUT2D eigenvalue weighted by molar-refractivity contribution is 5.22. The summed E-state index contributed by atoms with van der Waals surface area (Å²) in [6.45, 7) is 43.4. The molecule has 4 atom stereocenters. The van der Waals surface area contributed by atoms with Crippen LogP contribution in [-0.2, 0) is 12.8 Å². The molecule has 0 aromatic carbocycles. The maximum absolute atomic E-state index is 4.55. The summed E-state index contributed by atoms with van der Waals surface area (Å²) in [5.74, 6) is 2.87. The molecule has 1 saturated carbocycles. The molecule has 1 aliphatic heterocycles. The van der Waals surface area contributed by atoms with E-state index < -0.39 is 0 Å². The summed E-state index contributed by atoms with van der Waals surface area (Å²) >= 11 is 0. The van der Waals surface area contributed by atoms with Gasteiger partial charge in [-0.05, 0) is 120 Å². The first kappa shape index (κ1) is 45.1. The Balaban J connectivity index is 0.000000360. The van der Waals surface area contributed by atoms with Gasteiger partial charge >= 0.3 is 0 Å². The molecular weight excluding hydrogens is 581 g/mol. The zero-order valence-electron chi connectivity index (χ0n) is 36.2. The molecule has 2 nitrogen and oxygen atoms in total. The summed E-state index contributed by atoms with van der Waals surface area (Å²) in [7, 11) is 0. The number of nitrogens with one attached hydrogen (secondary N) is 1. The van der Waals surface area contributed by atoms with Crippen LogP contribution in [0.1, 0.15) is 200 Å². The van der Waals surface area contributed by atoms with E-state index in [0.29, 0.717) is 32.5 Å². The molecule has 3 rings (SSSR count). The van der Waals surface area contributed by atoms with Gasteiger partial charge in [0.25, 0.3) is 0 Å². The van der Waals surface area contributed by atoms with Crippen molar-refractivity contribution < 1.29 is 0 Å². The largest absolute Gasteiger partial charge is 0.314 e. The van der Waals surface area contributed by atoms with Crippen molar-refractivity contribution in [2.45, 2.75) is 208 Å². The van der Waals surface area contributed by atoms with Gasteiger partial charge in [-0.15, -0.1) is 0 Å². The maximum atomic E-state index is 4.55. The average molecular weight is 669 g/mol. The molecule has 2 aliphatic rings. The predicted molar refractivity (Wildman–Crippen MR) is 217 cm³/mol. The smallest absolute Gasteiger partial charge is 0.0440 e. The van der Waals surface area contributed by atoms with Gasteiger partial charge < -0.3 is 5.32 Å². The van der Waals surface area contributed by atoms with Gasteiger partial charge in [-0.1, -0.05) is 156 Å². The summed E-state index contributed by atoms with van der Waals surface area (Å²) < 4.78 is 0. The van der Waals surface area contributed by atoms with Crippen LogP contribution in [0.2, 0.25) is 0 Å². The van der Waals surface area contributed by atoms with Gasteiger partial charge in [0, 0.05) is 17.9 Å². The minimum Gasteiger partial charge on any atom is -0.314 e. The van der Waals surface area contributed by atoms with E-state index in [9.17, 15) is 0 Å². The summed E-state index contributed by atoms with van der Waals surface area (Å²) in [5.41, 5.74) is 5.26. The number of nitrogens with zero attached hydrogens (tertiary/aromatic N) is 1. The minimum absolute atomic E-state index is 0.307. The summed E-state index contributed by atoms with van der Waals surface area (Å²) in [4.78, 5) is 4.55. The number of piperidine rings is 1. The Bertz CT molecular complexity index is 878. The van der Waals surface area contributed by atoms with Crippen molar-refractivity contribution >= 4 is 0 Å². The van der Waals surface area contributed by atoms with E-state index in [4.69, 9.17) is 0 Å². The predicted octanol–water partition coefficient (Wildman–Crippen LogP) is 14.2. The lowest BCUT2D eigenvalue weighted by atomic mass is 9.67. The van der Waals surface area contributed by atoms with Crippen LogP contribution in [0.5, 0.6) is 0 Å². The maximum Gasteiger partial charge on any atom is 0.0440 e. The summed E-state index contributed by atoms with van der Waals surface area (Å²) in [6.07, 6.45) is 18.3. The molecule has 1 aromatic rings. The van der Waals surface area contributed by atoms with Crippen LogP contribution in [-0.4, -0.2) is 17.6 Å². The molecule has 0 bridgehead atoms. The lowest BCUT2D eigenvalue weighted by Crippen LogP contribution is -2.44. The fourth-order valence-corrected chi connectivity index (χ4v) is 8.21. The first-order valence-electron chi connectivity index (χ1n) is 20.2. The Morgan fingerprint density at radius 3 is 1.35 bits per heavy atom. The highest BCUT2D eigenvalue weighted by Crippen LogP contribution is 2.43. The standard InChI is InChI=1S/C16H32.C15H31N.C15H25N/c1-15(2,3)11-13-9-7-8-10-14(13)12-16(4,5)6;2*1-14(2,3)10-12-8-7-9-16-13(12)11-15(4,5)6/h13-14H,7-12H2,1-6H3;12-13,16H,7-11H2,1-6H3;7-9H,10-11H2,1-6H3. The SMILES string of the molecule is CC(C)(C)CC1CCCCC1CC(C)(C)C.CC(C)(C)CC1CCCNC1CC(C)(C)C.CC(C)(C)Cc1cccnc1CC(C)(C)C. The number of hydrogen-bond acceptors (Lipinski definition) is 2. The topological polar surface area (TPSA) is 24.9 Å². The third-order valence-corrected chi connectivity index (χ3v) is 9.65. The van der Waals surface area contributed by atoms with Crippen LogP contribution in [0.4, 0.5) is 0 Å². The molecule has 1 saturated heterocycles. The molecule has 2 heterocycles. The van der Waals surface area contributed by atoms with Crippen LogP contribution in [0, 0.1) is 50.2 Å². The fraction of sp³-hybridized carbons (Fsp3) is 0.891. The third-order valence-electron chi connectivity index (χ3n) is 9.65. The molecule has 48 heavy (non-hydrogen) atoms. The zero-order valence-corrected chi connectivity index (χ0v) is 36.2. The van der Waals surface area contributed by atoms with Crippen LogP contribution in [0.3, 0.4) is 0 Å². The molecule has 282 valence electrons. The van der Waals surface area contributed by atoms with E-state index in [1.807, 2.05) is 12.3 Å². The summed E-state index contributed by atoms with van der Waals surface area (Å²) in [5, 5.41) is 3.75. The van der Waals surface area contributed by atoms with Gasteiger partial charge in [-0.3, -0.25) is 4.98 Å². The lowest BCUT2D eigenvalue weighted by molar-refractivity contribution is 0.126. The molecule has 2 fully saturated rings. The quantitative estimate of drug-likeness (QED) is 0.326. The second-order valence-electron chi connectivity index (χ2n) is 23.4. The van der Waals surface area contributed by atoms with Gasteiger partial charge in [0.2, 0.25) is 0 Å². The van der Waals surface area contributed by atoms with Crippen molar-refractivity contribution in [1.82, 2.24) is 10.3 Å². The normalized spacial score (nSPS) is 23.0. The van der Waals surface area contributed by atoms with E-state index in [2.05, 4.69) is 141 Å². The van der Waals surface area contributed by atoms with Crippen LogP contribution in [0.15, 0.2) is 18.3 Å². The van der Waals surface area contributed by atoms with E-state index in [1.165, 1.54) is 82.0 Å². The average Bonchev–Trinajstić information content (AvgIpc) is 2.83. The van der Waals surface area contributed by atoms with Crippen LogP contribution >= 0.6 is 0 Å². The third kappa shape index (κ3) is 22.8. The number of aromatic nitrogens is 1. The molecule has 1 aromatic heterocycles. The van der Waals surface area contributed by atoms with E-state index in [1.54, 1.807) is 0 Å². The Morgan fingerprint density at radius 2 is 0.938 bits per heavy atom. The Hall–Kier alpha value is -0.890. The minimum atomic E-state index is 0.307. The molecule has 0 amide bonds. The Labute approximate surface area is 303 Å². The molecule has 1 aliphatic carbocycles. The molecule has 0 radical (unpaired) electrons. The van der Waals surface area contributed by atoms with Gasteiger partial charge in [-0.2, -0.15) is 0 Å². The number of rotatable bonds is 6. The number of hydrogen-bond donors (Lipinski definition) is 1. The summed E-state index contributed by atoms with van der Waals surface area (Å²) in [6, 6.07) is 5.01. The van der Waals surface area contributed by atoms with E-state index in [0.717, 1.165) is 36.6 Å². The van der Waals surface area contributed by atoms with Crippen molar-refractivity contribution in [3.8, 4) is 0 Å². The number of pyridine rings is 1. The molecule has 2 heteroatoms. The molecule has 4 unspecified atom stereocenters. The van der Waals surface area contributed by atoms with E-state index >= 15 is 0 Å². The Kier molecular flexibility index (Phi) is 17.4. The van der Waals surface area contributed by atoms with Gasteiger partial charge in [0.05, 0.1) is 0 Å². The van der Waals surface area contributed by atoms with E-state index in [-0.39, 0.29) is 0 Å². The lowest BCUT2D eigenvalue weighted by Gasteiger charge is -2.39. The first-order chi connectivity index (χ1) is 21.5. The van der Waals surface area contributed by atoms with Crippen molar-refractivity contribution in [2.24, 2.45) is 50.2 Å². The van der Waals surface area contributed by atoms with Crippen molar-refractivity contribution in [1.29, 1.82) is 0 Å². The second kappa shape index (κ2) is 18.6. The second-order valence-corrected chi connectivity index (χ2v) is 23.4. The molecule has 1 N–H and O–H groups in total. The molecular formula is C46H88N2. The van der Waals surface area contributed by atoms with Crippen molar-refractivity contribution in [2.75, 3.05) is 6.54 Å². The van der Waals surface area contributed by atoms with Gasteiger partial charge in [0.1, 0.15) is 0 Å². The Morgan fingerprint density at radius 1 is 0.521 bits per heavy atom. The van der Waals surface area contributed by atoms with Crippen molar-refractivity contribution in [3.63, 3.8) is 0 Å². The van der Waals surface area contributed by atoms with Crippen LogP contribution < -0.4 is 5.32 Å². The van der Waals surface area contributed by atoms with Gasteiger partial charge in [0.15, 0.2) is 0 Å². The zero-order chi connectivity index (χ0) is 37.2. The first-order valence-corrected chi connectivity index (χ1v) is 20.2. The highest BCUT2D eigenvalue weighted by Gasteiger charge is 2.32. The fourth-order valence-electron chi connectivity index (χ4n) is 8.21. The van der Waals surface area contributed by atoms with Crippen LogP contribution in [0.25, 0.3) is 0 Å². The monoisotopic (exact) mass is 669 g/mol. The van der Waals surface area contributed by atoms with Gasteiger partial charge in [-0.25, -0.2) is 0 Å².